The maximum Gasteiger partial charge on any atom is 0.230 e. The van der Waals surface area contributed by atoms with Crippen LogP contribution < -0.4 is 5.32 Å². The number of nitrogens with zero attached hydrogens (tertiary/aromatic N) is 2. The number of carbonyl (C=O) groups is 1. The van der Waals surface area contributed by atoms with Gasteiger partial charge in [-0.1, -0.05) is 18.2 Å². The number of nitrogens with one attached hydrogen (secondary N) is 1. The number of aromatic nitrogens is 2. The molecule has 1 amide bonds. The molecule has 7 heteroatoms. The minimum absolute atomic E-state index is 0.123. The minimum atomic E-state index is -0.918. The first-order valence-electron chi connectivity index (χ1n) is 7.55. The third-order valence-electron chi connectivity index (χ3n) is 3.41. The van der Waals surface area contributed by atoms with Gasteiger partial charge >= 0.3 is 0 Å². The second-order valence-electron chi connectivity index (χ2n) is 5.27. The van der Waals surface area contributed by atoms with Crippen molar-refractivity contribution < 1.29 is 13.6 Å². The summed E-state index contributed by atoms with van der Waals surface area (Å²) in [5.41, 5.74) is 1.81. The van der Waals surface area contributed by atoms with Crippen molar-refractivity contribution in [2.24, 2.45) is 0 Å². The number of hydrogen-bond donors (Lipinski definition) is 1. The average molecular weight is 359 g/mol. The molecule has 0 radical (unpaired) electrons. The normalized spacial score (nSPS) is 10.6. The van der Waals surface area contributed by atoms with E-state index < -0.39 is 11.6 Å². The van der Waals surface area contributed by atoms with Crippen molar-refractivity contribution in [3.05, 3.63) is 78.1 Å². The van der Waals surface area contributed by atoms with E-state index in [0.29, 0.717) is 11.4 Å². The zero-order chi connectivity index (χ0) is 17.6. The first kappa shape index (κ1) is 17.2. The maximum atomic E-state index is 13.1. The molecule has 4 nitrogen and oxygen atoms in total. The van der Waals surface area contributed by atoms with Gasteiger partial charge in [0.2, 0.25) is 5.91 Å². The van der Waals surface area contributed by atoms with E-state index in [-0.39, 0.29) is 11.7 Å². The van der Waals surface area contributed by atoms with E-state index in [1.54, 1.807) is 10.9 Å². The molecule has 0 aliphatic heterocycles. The molecule has 0 saturated heterocycles. The van der Waals surface area contributed by atoms with Crippen LogP contribution in [-0.2, 0) is 11.3 Å². The summed E-state index contributed by atoms with van der Waals surface area (Å²) in [6.07, 6.45) is 3.54. The van der Waals surface area contributed by atoms with Crippen molar-refractivity contribution in [1.29, 1.82) is 0 Å². The minimum Gasteiger partial charge on any atom is -0.351 e. The molecule has 0 spiro atoms. The van der Waals surface area contributed by atoms with Gasteiger partial charge in [-0.05, 0) is 30.3 Å². The van der Waals surface area contributed by atoms with Crippen molar-refractivity contribution in [2.75, 3.05) is 5.75 Å². The zero-order valence-corrected chi connectivity index (χ0v) is 14.0. The first-order chi connectivity index (χ1) is 12.1. The Kier molecular flexibility index (Phi) is 5.45. The predicted octanol–water partition coefficient (Wildman–Crippen LogP) is 3.56. The van der Waals surface area contributed by atoms with E-state index in [4.69, 9.17) is 0 Å². The summed E-state index contributed by atoms with van der Waals surface area (Å²) in [6, 6.07) is 13.2. The Labute approximate surface area is 147 Å². The van der Waals surface area contributed by atoms with Crippen molar-refractivity contribution in [3.8, 4) is 5.69 Å². The van der Waals surface area contributed by atoms with Gasteiger partial charge in [-0.2, -0.15) is 5.10 Å². The molecular weight excluding hydrogens is 344 g/mol. The molecule has 1 N–H and O–H groups in total. The number of para-hydroxylation sites is 1. The van der Waals surface area contributed by atoms with Crippen molar-refractivity contribution in [3.63, 3.8) is 0 Å². The van der Waals surface area contributed by atoms with Crippen LogP contribution in [0.3, 0.4) is 0 Å². The quantitative estimate of drug-likeness (QED) is 0.685. The molecule has 3 rings (SSSR count). The van der Waals surface area contributed by atoms with E-state index in [1.807, 2.05) is 36.5 Å². The molecule has 3 aromatic rings. The summed E-state index contributed by atoms with van der Waals surface area (Å²) in [5.74, 6) is -1.89. The lowest BCUT2D eigenvalue weighted by atomic mass is 10.3. The molecule has 1 aromatic heterocycles. The molecular formula is C18H15F2N3OS. The third-order valence-corrected chi connectivity index (χ3v) is 4.40. The van der Waals surface area contributed by atoms with Gasteiger partial charge in [0.15, 0.2) is 11.6 Å². The lowest BCUT2D eigenvalue weighted by Crippen LogP contribution is -2.24. The molecule has 0 bridgehead atoms. The SMILES string of the molecule is O=C(CSc1ccc(F)c(F)c1)NCc1cnn(-c2ccccc2)c1. The number of benzene rings is 2. The van der Waals surface area contributed by atoms with Gasteiger partial charge < -0.3 is 5.32 Å². The van der Waals surface area contributed by atoms with Crippen LogP contribution in [0.4, 0.5) is 8.78 Å². The number of amides is 1. The van der Waals surface area contributed by atoms with Gasteiger partial charge in [0, 0.05) is 23.2 Å². The molecule has 0 aliphatic carbocycles. The summed E-state index contributed by atoms with van der Waals surface area (Å²) in [5, 5.41) is 7.04. The highest BCUT2D eigenvalue weighted by molar-refractivity contribution is 8.00. The van der Waals surface area contributed by atoms with E-state index >= 15 is 0 Å². The van der Waals surface area contributed by atoms with E-state index in [2.05, 4.69) is 10.4 Å². The monoisotopic (exact) mass is 359 g/mol. The van der Waals surface area contributed by atoms with Crippen molar-refractivity contribution in [2.45, 2.75) is 11.4 Å². The fraction of sp³-hybridized carbons (Fsp3) is 0.111. The summed E-state index contributed by atoms with van der Waals surface area (Å²) in [7, 11) is 0. The molecule has 0 fully saturated rings. The summed E-state index contributed by atoms with van der Waals surface area (Å²) in [4.78, 5) is 12.4. The second kappa shape index (κ2) is 7.94. The molecule has 1 heterocycles. The highest BCUT2D eigenvalue weighted by atomic mass is 32.2. The summed E-state index contributed by atoms with van der Waals surface area (Å²) in [6.45, 7) is 0.351. The number of carbonyl (C=O) groups excluding carboxylic acids is 1. The number of halogens is 2. The fourth-order valence-corrected chi connectivity index (χ4v) is 2.89. The topological polar surface area (TPSA) is 46.9 Å². The molecule has 0 saturated carbocycles. The predicted molar refractivity (Wildman–Crippen MR) is 92.5 cm³/mol. The van der Waals surface area contributed by atoms with Gasteiger partial charge in [0.05, 0.1) is 17.6 Å². The van der Waals surface area contributed by atoms with Crippen LogP contribution in [0.15, 0.2) is 65.8 Å². The molecule has 25 heavy (non-hydrogen) atoms. The van der Waals surface area contributed by atoms with Crippen LogP contribution in [0.1, 0.15) is 5.56 Å². The third kappa shape index (κ3) is 4.67. The highest BCUT2D eigenvalue weighted by Crippen LogP contribution is 2.20. The van der Waals surface area contributed by atoms with E-state index in [9.17, 15) is 13.6 Å². The molecule has 128 valence electrons. The van der Waals surface area contributed by atoms with Gasteiger partial charge in [0.1, 0.15) is 0 Å². The zero-order valence-electron chi connectivity index (χ0n) is 13.2. The molecule has 0 aliphatic rings. The standard InChI is InChI=1S/C18H15F2N3OS/c19-16-7-6-15(8-17(16)20)25-12-18(24)21-9-13-10-22-23(11-13)14-4-2-1-3-5-14/h1-8,10-11H,9,12H2,(H,21,24). The molecule has 0 unspecified atom stereocenters. The number of thioether (sulfide) groups is 1. The number of hydrogen-bond acceptors (Lipinski definition) is 3. The summed E-state index contributed by atoms with van der Waals surface area (Å²) < 4.78 is 27.7. The Bertz CT molecular complexity index is 868. The van der Waals surface area contributed by atoms with Crippen LogP contribution >= 0.6 is 11.8 Å². The van der Waals surface area contributed by atoms with Crippen molar-refractivity contribution >= 4 is 17.7 Å². The van der Waals surface area contributed by atoms with Crippen LogP contribution in [0.5, 0.6) is 0 Å². The smallest absolute Gasteiger partial charge is 0.230 e. The van der Waals surface area contributed by atoms with Crippen LogP contribution in [0.2, 0.25) is 0 Å². The van der Waals surface area contributed by atoms with Gasteiger partial charge in [0.25, 0.3) is 0 Å². The average Bonchev–Trinajstić information content (AvgIpc) is 3.11. The van der Waals surface area contributed by atoms with Crippen LogP contribution in [-0.4, -0.2) is 21.4 Å². The van der Waals surface area contributed by atoms with Crippen LogP contribution in [0.25, 0.3) is 5.69 Å². The highest BCUT2D eigenvalue weighted by Gasteiger charge is 2.07. The summed E-state index contributed by atoms with van der Waals surface area (Å²) >= 11 is 1.15. The Morgan fingerprint density at radius 2 is 1.92 bits per heavy atom. The molecule has 2 aromatic carbocycles. The van der Waals surface area contributed by atoms with Crippen molar-refractivity contribution in [1.82, 2.24) is 15.1 Å². The molecule has 0 atom stereocenters. The Morgan fingerprint density at radius 3 is 2.68 bits per heavy atom. The Balaban J connectivity index is 1.49. The lowest BCUT2D eigenvalue weighted by molar-refractivity contribution is -0.118. The maximum absolute atomic E-state index is 13.1. The Morgan fingerprint density at radius 1 is 1.12 bits per heavy atom. The first-order valence-corrected chi connectivity index (χ1v) is 8.54. The Hall–Kier alpha value is -2.67. The largest absolute Gasteiger partial charge is 0.351 e. The second-order valence-corrected chi connectivity index (χ2v) is 6.32. The van der Waals surface area contributed by atoms with Gasteiger partial charge in [-0.25, -0.2) is 13.5 Å². The van der Waals surface area contributed by atoms with Gasteiger partial charge in [-0.3, -0.25) is 4.79 Å². The van der Waals surface area contributed by atoms with Crippen LogP contribution in [0, 0.1) is 11.6 Å². The fourth-order valence-electron chi connectivity index (χ4n) is 2.14. The lowest BCUT2D eigenvalue weighted by Gasteiger charge is -2.04. The number of rotatable bonds is 6. The van der Waals surface area contributed by atoms with E-state index in [0.717, 1.165) is 35.1 Å². The van der Waals surface area contributed by atoms with Gasteiger partial charge in [-0.15, -0.1) is 11.8 Å². The van der Waals surface area contributed by atoms with E-state index in [1.165, 1.54) is 6.07 Å².